The van der Waals surface area contributed by atoms with Gasteiger partial charge in [0.05, 0.1) is 7.11 Å². The van der Waals surface area contributed by atoms with Gasteiger partial charge in [0.15, 0.2) is 0 Å². The maximum Gasteiger partial charge on any atom is 0.415 e. The number of hydrogen-bond acceptors (Lipinski definition) is 4. The van der Waals surface area contributed by atoms with E-state index in [-0.39, 0.29) is 0 Å². The molecule has 0 aliphatic rings. The second-order valence-electron chi connectivity index (χ2n) is 6.36. The quantitative estimate of drug-likeness (QED) is 0.925. The van der Waals surface area contributed by atoms with Crippen LogP contribution in [0.25, 0.3) is 10.8 Å². The summed E-state index contributed by atoms with van der Waals surface area (Å²) in [5.41, 5.74) is -0.248. The second-order valence-corrected chi connectivity index (χ2v) is 6.36. The van der Waals surface area contributed by atoms with E-state index >= 15 is 0 Å². The molecule has 0 aliphatic heterocycles. The van der Waals surface area contributed by atoms with Crippen LogP contribution in [0.3, 0.4) is 0 Å². The van der Waals surface area contributed by atoms with Crippen molar-refractivity contribution in [2.45, 2.75) is 26.4 Å². The van der Waals surface area contributed by atoms with Crippen LogP contribution in [-0.2, 0) is 9.53 Å². The van der Waals surface area contributed by atoms with E-state index in [1.54, 1.807) is 46.1 Å². The lowest BCUT2D eigenvalue weighted by molar-refractivity contribution is -0.135. The topological polar surface area (TPSA) is 76.1 Å². The third kappa shape index (κ3) is 4.38. The monoisotopic (exact) mass is 331 g/mol. The van der Waals surface area contributed by atoms with Gasteiger partial charge in [-0.3, -0.25) is 9.69 Å². The normalized spacial score (nSPS) is 11.2. The van der Waals surface area contributed by atoms with Gasteiger partial charge < -0.3 is 14.6 Å². The van der Waals surface area contributed by atoms with Crippen LogP contribution in [0.15, 0.2) is 36.4 Å². The number of ether oxygens (including phenoxy) is 2. The lowest BCUT2D eigenvalue weighted by atomic mass is 10.1. The fourth-order valence-electron chi connectivity index (χ4n) is 2.22. The number of benzene rings is 2. The molecule has 128 valence electrons. The van der Waals surface area contributed by atoms with Crippen molar-refractivity contribution in [1.82, 2.24) is 0 Å². The molecule has 6 heteroatoms. The Hall–Kier alpha value is -2.76. The molecule has 2 aromatic carbocycles. The molecule has 0 atom stereocenters. The summed E-state index contributed by atoms with van der Waals surface area (Å²) < 4.78 is 10.5. The van der Waals surface area contributed by atoms with Gasteiger partial charge in [-0.15, -0.1) is 0 Å². The van der Waals surface area contributed by atoms with Crippen LogP contribution in [0.4, 0.5) is 10.5 Å². The number of methoxy groups -OCH3 is 1. The fourth-order valence-corrected chi connectivity index (χ4v) is 2.22. The molecule has 0 aliphatic carbocycles. The Morgan fingerprint density at radius 2 is 1.71 bits per heavy atom. The number of hydrogen-bond donors (Lipinski definition) is 1. The van der Waals surface area contributed by atoms with Crippen LogP contribution in [-0.4, -0.2) is 36.4 Å². The number of carbonyl (C=O) groups excluding carboxylic acids is 1. The number of carboxylic acid groups (broad SMARTS) is 1. The number of anilines is 1. The Bertz CT molecular complexity index is 764. The summed E-state index contributed by atoms with van der Waals surface area (Å²) in [5.74, 6) is -0.388. The predicted octanol–water partition coefficient (Wildman–Crippen LogP) is 3.67. The van der Waals surface area contributed by atoms with Crippen LogP contribution in [0.2, 0.25) is 0 Å². The van der Waals surface area contributed by atoms with Gasteiger partial charge in [0.25, 0.3) is 0 Å². The molecule has 0 saturated carbocycles. The van der Waals surface area contributed by atoms with Crippen molar-refractivity contribution in [3.8, 4) is 5.75 Å². The van der Waals surface area contributed by atoms with Gasteiger partial charge in [-0.25, -0.2) is 4.79 Å². The Balaban J connectivity index is 2.40. The average Bonchev–Trinajstić information content (AvgIpc) is 2.49. The maximum absolute atomic E-state index is 12.4. The Morgan fingerprint density at radius 1 is 1.08 bits per heavy atom. The highest BCUT2D eigenvalue weighted by Crippen LogP contribution is 2.26. The van der Waals surface area contributed by atoms with Gasteiger partial charge in [-0.1, -0.05) is 12.1 Å². The van der Waals surface area contributed by atoms with Crippen molar-refractivity contribution >= 4 is 28.5 Å². The van der Waals surface area contributed by atoms with E-state index in [2.05, 4.69) is 0 Å². The van der Waals surface area contributed by atoms with Crippen molar-refractivity contribution in [2.75, 3.05) is 18.6 Å². The maximum atomic E-state index is 12.4. The molecule has 2 aromatic rings. The van der Waals surface area contributed by atoms with E-state index in [4.69, 9.17) is 14.6 Å². The first-order valence-corrected chi connectivity index (χ1v) is 7.50. The number of carbonyl (C=O) groups is 2. The zero-order valence-electron chi connectivity index (χ0n) is 14.2. The highest BCUT2D eigenvalue weighted by atomic mass is 16.6. The zero-order valence-corrected chi connectivity index (χ0v) is 14.2. The number of nitrogens with zero attached hydrogens (tertiary/aromatic N) is 1. The number of amides is 1. The van der Waals surface area contributed by atoms with Gasteiger partial charge in [-0.2, -0.15) is 0 Å². The molecule has 6 nitrogen and oxygen atoms in total. The molecule has 2 rings (SSSR count). The summed E-state index contributed by atoms with van der Waals surface area (Å²) in [6, 6.07) is 10.8. The van der Waals surface area contributed by atoms with Crippen LogP contribution in [0.1, 0.15) is 20.8 Å². The second kappa shape index (κ2) is 6.78. The van der Waals surface area contributed by atoms with Gasteiger partial charge in [0.1, 0.15) is 17.9 Å². The first-order valence-electron chi connectivity index (χ1n) is 7.50. The molecule has 0 spiro atoms. The summed E-state index contributed by atoms with van der Waals surface area (Å²) in [7, 11) is 1.59. The van der Waals surface area contributed by atoms with Gasteiger partial charge in [-0.05, 0) is 55.8 Å². The van der Waals surface area contributed by atoms with Crippen LogP contribution >= 0.6 is 0 Å². The molecule has 1 N–H and O–H groups in total. The minimum Gasteiger partial charge on any atom is -0.497 e. The first kappa shape index (κ1) is 17.6. The number of fused-ring (bicyclic) bond motifs is 1. The molecule has 0 aromatic heterocycles. The van der Waals surface area contributed by atoms with Gasteiger partial charge in [0, 0.05) is 5.69 Å². The minimum atomic E-state index is -1.12. The molecule has 0 heterocycles. The highest BCUT2D eigenvalue weighted by Gasteiger charge is 2.25. The van der Waals surface area contributed by atoms with E-state index in [1.165, 1.54) is 0 Å². The molecule has 24 heavy (non-hydrogen) atoms. The van der Waals surface area contributed by atoms with Crippen molar-refractivity contribution in [3.05, 3.63) is 36.4 Å². The number of rotatable bonds is 4. The van der Waals surface area contributed by atoms with E-state index in [0.717, 1.165) is 21.4 Å². The van der Waals surface area contributed by atoms with E-state index in [9.17, 15) is 9.59 Å². The number of carboxylic acids is 1. The average molecular weight is 331 g/mol. The molecular weight excluding hydrogens is 310 g/mol. The molecule has 0 radical (unpaired) electrons. The predicted molar refractivity (Wildman–Crippen MR) is 91.7 cm³/mol. The largest absolute Gasteiger partial charge is 0.497 e. The first-order chi connectivity index (χ1) is 11.2. The third-order valence-corrected chi connectivity index (χ3v) is 3.25. The Labute approximate surface area is 140 Å². The fraction of sp³-hybridized carbons (Fsp3) is 0.333. The number of aliphatic carboxylic acids is 1. The van der Waals surface area contributed by atoms with Gasteiger partial charge in [0.2, 0.25) is 0 Å². The third-order valence-electron chi connectivity index (χ3n) is 3.25. The molecule has 0 fully saturated rings. The molecule has 0 unspecified atom stereocenters. The van der Waals surface area contributed by atoms with E-state index in [0.29, 0.717) is 5.69 Å². The Morgan fingerprint density at radius 3 is 2.29 bits per heavy atom. The lowest BCUT2D eigenvalue weighted by Gasteiger charge is -2.26. The molecule has 0 bridgehead atoms. The SMILES string of the molecule is COc1ccc2cc(N(CC(=O)O)C(=O)OC(C)(C)C)ccc2c1. The smallest absolute Gasteiger partial charge is 0.415 e. The summed E-state index contributed by atoms with van der Waals surface area (Å²) >= 11 is 0. The van der Waals surface area contributed by atoms with Crippen molar-refractivity contribution < 1.29 is 24.2 Å². The van der Waals surface area contributed by atoms with Crippen molar-refractivity contribution in [1.29, 1.82) is 0 Å². The molecule has 1 amide bonds. The summed E-state index contributed by atoms with van der Waals surface area (Å²) in [6.45, 7) is 4.72. The summed E-state index contributed by atoms with van der Waals surface area (Å²) in [4.78, 5) is 24.6. The van der Waals surface area contributed by atoms with Crippen molar-refractivity contribution in [2.24, 2.45) is 0 Å². The van der Waals surface area contributed by atoms with E-state index < -0.39 is 24.2 Å². The van der Waals surface area contributed by atoms with Gasteiger partial charge >= 0.3 is 12.1 Å². The van der Waals surface area contributed by atoms with Crippen LogP contribution in [0, 0.1) is 0 Å². The molecular formula is C18H21NO5. The Kier molecular flexibility index (Phi) is 4.97. The van der Waals surface area contributed by atoms with E-state index in [1.807, 2.05) is 18.2 Å². The lowest BCUT2D eigenvalue weighted by Crippen LogP contribution is -2.40. The summed E-state index contributed by atoms with van der Waals surface area (Å²) in [6.07, 6.45) is -0.697. The molecule has 0 saturated heterocycles. The van der Waals surface area contributed by atoms with Crippen molar-refractivity contribution in [3.63, 3.8) is 0 Å². The standard InChI is InChI=1S/C18H21NO5/c1-18(2,3)24-17(22)19(11-16(20)21)14-7-5-13-10-15(23-4)8-6-12(13)9-14/h5-10H,11H2,1-4H3,(H,20,21). The minimum absolute atomic E-state index is 0.462. The van der Waals surface area contributed by atoms with Crippen LogP contribution in [0.5, 0.6) is 5.75 Å². The van der Waals surface area contributed by atoms with Crippen LogP contribution < -0.4 is 9.64 Å². The zero-order chi connectivity index (χ0) is 17.9. The summed E-state index contributed by atoms with van der Waals surface area (Å²) in [5, 5.41) is 10.9. The highest BCUT2D eigenvalue weighted by molar-refractivity contribution is 5.96.